The number of esters is 1. The van der Waals surface area contributed by atoms with Gasteiger partial charge in [-0.3, -0.25) is 4.79 Å². The van der Waals surface area contributed by atoms with E-state index in [-0.39, 0.29) is 28.8 Å². The number of aliphatic hydroxyl groups is 1. The second-order valence-corrected chi connectivity index (χ2v) is 10.6. The number of carbonyl (C=O) groups is 1. The van der Waals surface area contributed by atoms with E-state index in [2.05, 4.69) is 40.7 Å². The molecule has 0 aromatic heterocycles. The van der Waals surface area contributed by atoms with Gasteiger partial charge in [0.2, 0.25) is 0 Å². The van der Waals surface area contributed by atoms with Gasteiger partial charge in [-0.25, -0.2) is 0 Å². The Labute approximate surface area is 173 Å². The molecule has 0 spiro atoms. The van der Waals surface area contributed by atoms with Crippen LogP contribution in [-0.4, -0.2) is 23.8 Å². The first-order chi connectivity index (χ1) is 13.0. The lowest BCUT2D eigenvalue weighted by atomic mass is 9.47. The second-order valence-electron chi connectivity index (χ2n) is 10.6. The number of carbonyl (C=O) groups excluding carboxylic acids is 1. The first-order valence-electron chi connectivity index (χ1n) is 11.5. The van der Waals surface area contributed by atoms with Crippen molar-refractivity contribution in [2.45, 2.75) is 99.5 Å². The largest absolute Gasteiger partial charge is 0.465 e. The normalized spacial score (nSPS) is 34.1. The predicted octanol–water partition coefficient (Wildman–Crippen LogP) is 6.15. The predicted molar refractivity (Wildman–Crippen MR) is 116 cm³/mol. The molecule has 3 heteroatoms. The molecular weight excluding hydrogens is 348 g/mol. The highest BCUT2D eigenvalue weighted by Crippen LogP contribution is 2.60. The Morgan fingerprint density at radius 1 is 1.29 bits per heavy atom. The van der Waals surface area contributed by atoms with Crippen molar-refractivity contribution in [3.05, 3.63) is 11.6 Å². The summed E-state index contributed by atoms with van der Waals surface area (Å²) >= 11 is 0. The van der Waals surface area contributed by atoms with E-state index in [0.29, 0.717) is 24.4 Å². The first-order valence-corrected chi connectivity index (χ1v) is 11.5. The quantitative estimate of drug-likeness (QED) is 0.398. The molecule has 1 saturated carbocycles. The van der Waals surface area contributed by atoms with Gasteiger partial charge < -0.3 is 9.84 Å². The van der Waals surface area contributed by atoms with E-state index in [4.69, 9.17) is 4.74 Å². The third-order valence-electron chi connectivity index (χ3n) is 8.35. The molecule has 0 amide bonds. The van der Waals surface area contributed by atoms with Crippen LogP contribution < -0.4 is 0 Å². The molecule has 6 atom stereocenters. The van der Waals surface area contributed by atoms with Crippen LogP contribution in [0.4, 0.5) is 0 Å². The van der Waals surface area contributed by atoms with Crippen LogP contribution in [0.3, 0.4) is 0 Å². The zero-order valence-corrected chi connectivity index (χ0v) is 19.4. The lowest BCUT2D eigenvalue weighted by Gasteiger charge is -2.58. The SMILES string of the molecule is CC[C@@H](C)C(=O)OCC[C@@H](C)CC[C@H]1C(C)=CC[C@H]2C(C)(C)[C@H](O)CC[C@]12C. The minimum atomic E-state index is -0.183. The van der Waals surface area contributed by atoms with Crippen molar-refractivity contribution < 1.29 is 14.6 Å². The molecule has 0 aromatic carbocycles. The molecule has 2 aliphatic carbocycles. The molecule has 0 heterocycles. The van der Waals surface area contributed by atoms with Gasteiger partial charge in [-0.1, -0.05) is 53.2 Å². The fourth-order valence-electron chi connectivity index (χ4n) is 5.85. The van der Waals surface area contributed by atoms with Gasteiger partial charge in [-0.2, -0.15) is 0 Å². The van der Waals surface area contributed by atoms with Gasteiger partial charge in [-0.15, -0.1) is 0 Å². The summed E-state index contributed by atoms with van der Waals surface area (Å²) in [5.41, 5.74) is 1.81. The smallest absolute Gasteiger partial charge is 0.308 e. The van der Waals surface area contributed by atoms with Crippen LogP contribution in [0.5, 0.6) is 0 Å². The number of hydrogen-bond donors (Lipinski definition) is 1. The van der Waals surface area contributed by atoms with Gasteiger partial charge in [-0.05, 0) is 80.5 Å². The van der Waals surface area contributed by atoms with Crippen LogP contribution in [0, 0.1) is 34.5 Å². The number of ether oxygens (including phenoxy) is 1. The van der Waals surface area contributed by atoms with Gasteiger partial charge >= 0.3 is 5.97 Å². The Bertz CT molecular complexity index is 564. The fourth-order valence-corrected chi connectivity index (χ4v) is 5.85. The Hall–Kier alpha value is -0.830. The lowest BCUT2D eigenvalue weighted by molar-refractivity contribution is -0.148. The molecule has 162 valence electrons. The first kappa shape index (κ1) is 23.4. The van der Waals surface area contributed by atoms with Crippen molar-refractivity contribution in [1.82, 2.24) is 0 Å². The van der Waals surface area contributed by atoms with Gasteiger partial charge in [0.1, 0.15) is 0 Å². The molecular formula is C25H44O3. The summed E-state index contributed by atoms with van der Waals surface area (Å²) < 4.78 is 5.44. The standard InChI is InChI=1S/C25H44O3/c1-8-18(3)23(27)28-16-14-17(2)9-11-20-19(4)10-12-21-24(5,6)22(26)13-15-25(20,21)7/h10,17-18,20-22,26H,8-9,11-16H2,1-7H3/t17-,18+,20-,21-,22+,25+/m0/s1. The van der Waals surface area contributed by atoms with E-state index in [1.165, 1.54) is 12.8 Å². The molecule has 0 saturated heterocycles. The summed E-state index contributed by atoms with van der Waals surface area (Å²) in [6.07, 6.45) is 9.55. The van der Waals surface area contributed by atoms with Gasteiger partial charge in [0.15, 0.2) is 0 Å². The molecule has 0 radical (unpaired) electrons. The maximum absolute atomic E-state index is 11.8. The van der Waals surface area contributed by atoms with Crippen molar-refractivity contribution >= 4 is 5.97 Å². The monoisotopic (exact) mass is 392 g/mol. The van der Waals surface area contributed by atoms with Crippen LogP contribution in [0.1, 0.15) is 93.4 Å². The second kappa shape index (κ2) is 9.32. The highest BCUT2D eigenvalue weighted by molar-refractivity contribution is 5.71. The van der Waals surface area contributed by atoms with E-state index < -0.39 is 0 Å². The Balaban J connectivity index is 1.93. The fraction of sp³-hybridized carbons (Fsp3) is 0.880. The topological polar surface area (TPSA) is 46.5 Å². The van der Waals surface area contributed by atoms with E-state index in [1.807, 2.05) is 13.8 Å². The molecule has 2 rings (SSSR count). The summed E-state index contributed by atoms with van der Waals surface area (Å²) in [7, 11) is 0. The minimum absolute atomic E-state index is 0.00669. The number of hydrogen-bond acceptors (Lipinski definition) is 3. The van der Waals surface area contributed by atoms with E-state index in [0.717, 1.165) is 32.1 Å². The molecule has 0 aliphatic heterocycles. The third-order valence-corrected chi connectivity index (χ3v) is 8.35. The van der Waals surface area contributed by atoms with Crippen LogP contribution in [0.2, 0.25) is 0 Å². The van der Waals surface area contributed by atoms with Crippen molar-refractivity contribution in [1.29, 1.82) is 0 Å². The average Bonchev–Trinajstić information content (AvgIpc) is 2.63. The zero-order chi connectivity index (χ0) is 21.1. The Morgan fingerprint density at radius 3 is 2.61 bits per heavy atom. The number of aliphatic hydroxyl groups excluding tert-OH is 1. The van der Waals surface area contributed by atoms with E-state index in [9.17, 15) is 9.90 Å². The van der Waals surface area contributed by atoms with Crippen LogP contribution in [-0.2, 0) is 9.53 Å². The average molecular weight is 393 g/mol. The van der Waals surface area contributed by atoms with Gasteiger partial charge in [0, 0.05) is 0 Å². The Kier molecular flexibility index (Phi) is 7.81. The van der Waals surface area contributed by atoms with E-state index >= 15 is 0 Å². The summed E-state index contributed by atoms with van der Waals surface area (Å²) in [4.78, 5) is 11.8. The summed E-state index contributed by atoms with van der Waals surface area (Å²) in [6.45, 7) is 16.1. The summed E-state index contributed by atoms with van der Waals surface area (Å²) in [6, 6.07) is 0. The van der Waals surface area contributed by atoms with Crippen LogP contribution in [0.15, 0.2) is 11.6 Å². The van der Waals surface area contributed by atoms with Crippen molar-refractivity contribution in [2.24, 2.45) is 34.5 Å². The molecule has 2 aliphatic rings. The molecule has 3 nitrogen and oxygen atoms in total. The van der Waals surface area contributed by atoms with Crippen molar-refractivity contribution in [3.8, 4) is 0 Å². The van der Waals surface area contributed by atoms with E-state index in [1.54, 1.807) is 5.57 Å². The van der Waals surface area contributed by atoms with Crippen molar-refractivity contribution in [3.63, 3.8) is 0 Å². The van der Waals surface area contributed by atoms with Crippen LogP contribution >= 0.6 is 0 Å². The van der Waals surface area contributed by atoms with Crippen molar-refractivity contribution in [2.75, 3.05) is 6.61 Å². The molecule has 0 unspecified atom stereocenters. The maximum atomic E-state index is 11.8. The molecule has 28 heavy (non-hydrogen) atoms. The number of rotatable bonds is 8. The maximum Gasteiger partial charge on any atom is 0.308 e. The summed E-state index contributed by atoms with van der Waals surface area (Å²) in [5.74, 6) is 1.66. The van der Waals surface area contributed by atoms with Gasteiger partial charge in [0.05, 0.1) is 18.6 Å². The number of fused-ring (bicyclic) bond motifs is 1. The highest BCUT2D eigenvalue weighted by atomic mass is 16.5. The summed E-state index contributed by atoms with van der Waals surface area (Å²) in [5, 5.41) is 10.6. The molecule has 0 aromatic rings. The minimum Gasteiger partial charge on any atom is -0.465 e. The lowest BCUT2D eigenvalue weighted by Crippen LogP contribution is -2.54. The zero-order valence-electron chi connectivity index (χ0n) is 19.4. The Morgan fingerprint density at radius 2 is 1.96 bits per heavy atom. The molecule has 0 bridgehead atoms. The third kappa shape index (κ3) is 4.83. The van der Waals surface area contributed by atoms with Crippen LogP contribution in [0.25, 0.3) is 0 Å². The highest BCUT2D eigenvalue weighted by Gasteiger charge is 2.54. The number of allylic oxidation sites excluding steroid dienone is 2. The van der Waals surface area contributed by atoms with Gasteiger partial charge in [0.25, 0.3) is 0 Å². The molecule has 1 N–H and O–H groups in total. The molecule has 1 fully saturated rings.